The van der Waals surface area contributed by atoms with E-state index in [0.29, 0.717) is 5.92 Å². The highest BCUT2D eigenvalue weighted by Crippen LogP contribution is 2.43. The van der Waals surface area contributed by atoms with E-state index < -0.39 is 0 Å². The van der Waals surface area contributed by atoms with Crippen molar-refractivity contribution in [3.63, 3.8) is 0 Å². The highest BCUT2D eigenvalue weighted by atomic mass is 16.3. The molecule has 4 heteroatoms. The van der Waals surface area contributed by atoms with Gasteiger partial charge in [0.05, 0.1) is 0 Å². The van der Waals surface area contributed by atoms with Gasteiger partial charge in [0.1, 0.15) is 22.3 Å². The topological polar surface area (TPSA) is 41.6 Å². The van der Waals surface area contributed by atoms with Gasteiger partial charge in [0.25, 0.3) is 0 Å². The molecule has 0 aliphatic carbocycles. The third-order valence-electron chi connectivity index (χ3n) is 10.8. The summed E-state index contributed by atoms with van der Waals surface area (Å²) in [5.74, 6) is 0.379. The number of nitrogens with zero attached hydrogens (tertiary/aromatic N) is 1. The number of nitrogens with one attached hydrogen (secondary N) is 1. The predicted molar refractivity (Wildman–Crippen MR) is 224 cm³/mol. The second-order valence-electron chi connectivity index (χ2n) is 14.6. The lowest BCUT2D eigenvalue weighted by molar-refractivity contribution is 0.664. The standard InChI is InChI=1S/C49H38N2O2/c1-29(2)38-13-7-10-16-45(38)51(44-15-9-6-12-31(44)4)37-20-18-33-24-40-42-28-48-41(27-49(42)53-47(40)26-35(33)22-37)39-23-32-17-19-36(21-34(32)25-46(39)52-48)50-43-14-8-5-11-30(43)3/h5-29,50H,1-4H3. The first kappa shape index (κ1) is 31.2. The highest BCUT2D eigenvalue weighted by molar-refractivity contribution is 6.18. The third-order valence-corrected chi connectivity index (χ3v) is 10.8. The van der Waals surface area contributed by atoms with Crippen molar-refractivity contribution in [2.45, 2.75) is 33.6 Å². The summed E-state index contributed by atoms with van der Waals surface area (Å²) < 4.78 is 13.2. The maximum Gasteiger partial charge on any atom is 0.136 e. The van der Waals surface area contributed by atoms with Crippen molar-refractivity contribution in [3.05, 3.63) is 162 Å². The molecule has 8 aromatic carbocycles. The number of para-hydroxylation sites is 3. The first-order chi connectivity index (χ1) is 25.9. The number of benzene rings is 8. The lowest BCUT2D eigenvalue weighted by atomic mass is 9.98. The van der Waals surface area contributed by atoms with Crippen LogP contribution in [0.15, 0.2) is 154 Å². The summed E-state index contributed by atoms with van der Waals surface area (Å²) in [6, 6.07) is 52.1. The molecule has 1 N–H and O–H groups in total. The molecule has 0 radical (unpaired) electrons. The van der Waals surface area contributed by atoms with Crippen molar-refractivity contribution in [1.29, 1.82) is 0 Å². The highest BCUT2D eigenvalue weighted by Gasteiger charge is 2.20. The van der Waals surface area contributed by atoms with Gasteiger partial charge in [0.2, 0.25) is 0 Å². The van der Waals surface area contributed by atoms with Gasteiger partial charge in [-0.05, 0) is 137 Å². The van der Waals surface area contributed by atoms with Gasteiger partial charge in [0.15, 0.2) is 0 Å². The lowest BCUT2D eigenvalue weighted by Crippen LogP contribution is -2.13. The van der Waals surface area contributed by atoms with Crippen LogP contribution in [-0.4, -0.2) is 0 Å². The number of fused-ring (bicyclic) bond motifs is 8. The molecule has 0 bridgehead atoms. The molecule has 2 heterocycles. The predicted octanol–water partition coefficient (Wildman–Crippen LogP) is 14.7. The molecule has 0 fully saturated rings. The Morgan fingerprint density at radius 2 is 1.02 bits per heavy atom. The molecule has 10 rings (SSSR count). The number of rotatable bonds is 6. The molecule has 0 unspecified atom stereocenters. The SMILES string of the molecule is Cc1ccccc1Nc1ccc2cc3c(cc2c1)oc1cc2c(cc13)oc1cc3cc(N(c4ccccc4C)c4ccccc4C(C)C)ccc3cc12. The van der Waals surface area contributed by atoms with Crippen LogP contribution in [0, 0.1) is 13.8 Å². The molecule has 0 atom stereocenters. The van der Waals surface area contributed by atoms with Gasteiger partial charge < -0.3 is 19.1 Å². The molecule has 10 aromatic rings. The summed E-state index contributed by atoms with van der Waals surface area (Å²) in [7, 11) is 0. The molecule has 53 heavy (non-hydrogen) atoms. The van der Waals surface area contributed by atoms with Crippen LogP contribution in [0.25, 0.3) is 65.4 Å². The van der Waals surface area contributed by atoms with E-state index in [1.807, 2.05) is 0 Å². The molecule has 0 saturated heterocycles. The third kappa shape index (κ3) is 5.21. The molecular weight excluding hydrogens is 649 g/mol. The van der Waals surface area contributed by atoms with E-state index in [1.54, 1.807) is 0 Å². The van der Waals surface area contributed by atoms with Gasteiger partial charge in [-0.15, -0.1) is 0 Å². The molecule has 0 amide bonds. The van der Waals surface area contributed by atoms with Crippen molar-refractivity contribution in [2.24, 2.45) is 0 Å². The Balaban J connectivity index is 1.07. The van der Waals surface area contributed by atoms with Crippen molar-refractivity contribution in [2.75, 3.05) is 10.2 Å². The van der Waals surface area contributed by atoms with E-state index in [0.717, 1.165) is 82.5 Å². The lowest BCUT2D eigenvalue weighted by Gasteiger charge is -2.30. The number of aryl methyl sites for hydroxylation is 2. The molecular formula is C49H38N2O2. The van der Waals surface area contributed by atoms with Crippen LogP contribution >= 0.6 is 0 Å². The van der Waals surface area contributed by atoms with Crippen LogP contribution in [0.2, 0.25) is 0 Å². The maximum absolute atomic E-state index is 6.63. The van der Waals surface area contributed by atoms with Crippen LogP contribution in [0.5, 0.6) is 0 Å². The van der Waals surface area contributed by atoms with Crippen LogP contribution in [0.4, 0.5) is 28.4 Å². The Morgan fingerprint density at radius 3 is 1.68 bits per heavy atom. The summed E-state index contributed by atoms with van der Waals surface area (Å²) in [5.41, 5.74) is 12.8. The number of hydrogen-bond donors (Lipinski definition) is 1. The Morgan fingerprint density at radius 1 is 0.472 bits per heavy atom. The summed E-state index contributed by atoms with van der Waals surface area (Å²) in [5, 5.41) is 12.4. The van der Waals surface area contributed by atoms with Crippen LogP contribution in [0.3, 0.4) is 0 Å². The Bertz CT molecular complexity index is 3060. The molecule has 4 nitrogen and oxygen atoms in total. The molecule has 2 aromatic heterocycles. The summed E-state index contributed by atoms with van der Waals surface area (Å²) in [6.07, 6.45) is 0. The van der Waals surface area contributed by atoms with Crippen LogP contribution in [0.1, 0.15) is 36.5 Å². The summed E-state index contributed by atoms with van der Waals surface area (Å²) in [4.78, 5) is 2.40. The number of hydrogen-bond acceptors (Lipinski definition) is 4. The average Bonchev–Trinajstić information content (AvgIpc) is 3.69. The van der Waals surface area contributed by atoms with Gasteiger partial charge in [-0.1, -0.05) is 80.6 Å². The quantitative estimate of drug-likeness (QED) is 0.189. The molecule has 0 saturated carbocycles. The van der Waals surface area contributed by atoms with Crippen LogP contribution in [-0.2, 0) is 0 Å². The van der Waals surface area contributed by atoms with Crippen molar-refractivity contribution >= 4 is 93.9 Å². The molecule has 0 spiro atoms. The largest absolute Gasteiger partial charge is 0.456 e. The molecule has 0 aliphatic heterocycles. The first-order valence-electron chi connectivity index (χ1n) is 18.4. The van der Waals surface area contributed by atoms with E-state index in [4.69, 9.17) is 8.83 Å². The smallest absolute Gasteiger partial charge is 0.136 e. The van der Waals surface area contributed by atoms with Crippen LogP contribution < -0.4 is 10.2 Å². The normalized spacial score (nSPS) is 11.9. The Labute approximate surface area is 307 Å². The number of anilines is 5. The van der Waals surface area contributed by atoms with Crippen molar-refractivity contribution < 1.29 is 8.83 Å². The van der Waals surface area contributed by atoms with Gasteiger partial charge >= 0.3 is 0 Å². The van der Waals surface area contributed by atoms with Gasteiger partial charge in [0, 0.05) is 50.0 Å². The zero-order valence-corrected chi connectivity index (χ0v) is 30.2. The first-order valence-corrected chi connectivity index (χ1v) is 18.4. The summed E-state index contributed by atoms with van der Waals surface area (Å²) >= 11 is 0. The maximum atomic E-state index is 6.63. The fraction of sp³-hybridized carbons (Fsp3) is 0.102. The fourth-order valence-electron chi connectivity index (χ4n) is 8.00. The number of furan rings is 2. The second-order valence-corrected chi connectivity index (χ2v) is 14.6. The van der Waals surface area contributed by atoms with E-state index in [1.165, 1.54) is 28.1 Å². The van der Waals surface area contributed by atoms with Crippen molar-refractivity contribution in [1.82, 2.24) is 0 Å². The summed E-state index contributed by atoms with van der Waals surface area (Å²) in [6.45, 7) is 8.82. The van der Waals surface area contributed by atoms with Gasteiger partial charge in [-0.3, -0.25) is 0 Å². The monoisotopic (exact) mass is 686 g/mol. The zero-order valence-electron chi connectivity index (χ0n) is 30.2. The minimum Gasteiger partial charge on any atom is -0.456 e. The van der Waals surface area contributed by atoms with Gasteiger partial charge in [-0.2, -0.15) is 0 Å². The van der Waals surface area contributed by atoms with E-state index in [9.17, 15) is 0 Å². The molecule has 256 valence electrons. The Kier molecular flexibility index (Phi) is 7.09. The van der Waals surface area contributed by atoms with E-state index in [-0.39, 0.29) is 0 Å². The van der Waals surface area contributed by atoms with E-state index >= 15 is 0 Å². The molecule has 0 aliphatic rings. The second kappa shape index (κ2) is 12.0. The minimum absolute atomic E-state index is 0.379. The minimum atomic E-state index is 0.379. The van der Waals surface area contributed by atoms with E-state index in [2.05, 4.69) is 184 Å². The Hall–Kier alpha value is -6.52. The zero-order chi connectivity index (χ0) is 35.8. The van der Waals surface area contributed by atoms with Crippen molar-refractivity contribution in [3.8, 4) is 0 Å². The van der Waals surface area contributed by atoms with Gasteiger partial charge in [-0.25, -0.2) is 0 Å². The fourth-order valence-corrected chi connectivity index (χ4v) is 8.00. The average molecular weight is 687 g/mol.